The van der Waals surface area contributed by atoms with E-state index in [2.05, 4.69) is 22.1 Å². The molecule has 0 saturated carbocycles. The summed E-state index contributed by atoms with van der Waals surface area (Å²) < 4.78 is 13.3. The van der Waals surface area contributed by atoms with Crippen LogP contribution in [0.2, 0.25) is 5.02 Å². The predicted octanol–water partition coefficient (Wildman–Crippen LogP) is 5.31. The third kappa shape index (κ3) is 5.83. The van der Waals surface area contributed by atoms with Crippen LogP contribution in [-0.2, 0) is 11.3 Å². The average molecular weight is 473 g/mol. The maximum atomic E-state index is 12.5. The van der Waals surface area contributed by atoms with Gasteiger partial charge in [-0.05, 0) is 49.7 Å². The monoisotopic (exact) mass is 472 g/mol. The zero-order valence-electron chi connectivity index (χ0n) is 18.2. The summed E-state index contributed by atoms with van der Waals surface area (Å²) in [4.78, 5) is 12.5. The number of ether oxygens (including phenoxy) is 2. The number of carbonyl (C=O) groups excluding carboxylic acids is 1. The molecule has 2 aromatic carbocycles. The minimum absolute atomic E-state index is 0.166. The number of nitrogens with zero attached hydrogens (tertiary/aromatic N) is 3. The Hall–Kier alpha value is -2.97. The number of amides is 1. The lowest BCUT2D eigenvalue weighted by molar-refractivity contribution is -0.113. The fraction of sp³-hybridized carbons (Fsp3) is 0.261. The number of anilines is 1. The molecule has 1 unspecified atom stereocenters. The van der Waals surface area contributed by atoms with Gasteiger partial charge >= 0.3 is 0 Å². The standard InChI is InChI=1S/C23H25ClN4O3S/c1-5-12-28-22(16(3)31-19-11-10-17(24)13-15(19)2)26-27-23(28)32-14-21(29)25-18-8-6-7-9-20(18)30-4/h5-11,13,16H,1,12,14H2,2-4H3,(H,25,29). The molecule has 7 nitrogen and oxygen atoms in total. The van der Waals surface area contributed by atoms with E-state index in [0.29, 0.717) is 34.0 Å². The van der Waals surface area contributed by atoms with Crippen molar-refractivity contribution in [3.8, 4) is 11.5 Å². The fourth-order valence-electron chi connectivity index (χ4n) is 3.06. The van der Waals surface area contributed by atoms with Crippen molar-refractivity contribution in [2.45, 2.75) is 31.7 Å². The number of thioether (sulfide) groups is 1. The number of halogens is 1. The summed E-state index contributed by atoms with van der Waals surface area (Å²) >= 11 is 7.33. The second-order valence-corrected chi connectivity index (χ2v) is 8.33. The van der Waals surface area contributed by atoms with Gasteiger partial charge < -0.3 is 14.8 Å². The van der Waals surface area contributed by atoms with Crippen molar-refractivity contribution < 1.29 is 14.3 Å². The molecule has 1 aromatic heterocycles. The number of aryl methyl sites for hydroxylation is 1. The molecule has 0 bridgehead atoms. The Morgan fingerprint density at radius 3 is 2.78 bits per heavy atom. The van der Waals surface area contributed by atoms with Crippen molar-refractivity contribution in [2.75, 3.05) is 18.2 Å². The van der Waals surface area contributed by atoms with E-state index in [9.17, 15) is 4.79 Å². The summed E-state index contributed by atoms with van der Waals surface area (Å²) in [5.74, 6) is 1.97. The maximum Gasteiger partial charge on any atom is 0.234 e. The molecule has 0 spiro atoms. The second kappa shape index (κ2) is 11.1. The second-order valence-electron chi connectivity index (χ2n) is 6.95. The number of hydrogen-bond acceptors (Lipinski definition) is 6. The van der Waals surface area contributed by atoms with Crippen LogP contribution in [0.1, 0.15) is 24.4 Å². The van der Waals surface area contributed by atoms with E-state index in [0.717, 1.165) is 11.3 Å². The highest BCUT2D eigenvalue weighted by atomic mass is 35.5. The lowest BCUT2D eigenvalue weighted by Crippen LogP contribution is -2.16. The molecule has 0 aliphatic carbocycles. The van der Waals surface area contributed by atoms with Gasteiger partial charge in [-0.1, -0.05) is 41.6 Å². The van der Waals surface area contributed by atoms with Crippen molar-refractivity contribution in [3.63, 3.8) is 0 Å². The molecule has 0 saturated heterocycles. The Morgan fingerprint density at radius 2 is 2.06 bits per heavy atom. The van der Waals surface area contributed by atoms with Crippen LogP contribution in [0.4, 0.5) is 5.69 Å². The van der Waals surface area contributed by atoms with Crippen LogP contribution in [0.3, 0.4) is 0 Å². The molecule has 3 aromatic rings. The molecule has 0 aliphatic rings. The van der Waals surface area contributed by atoms with E-state index in [1.807, 2.05) is 42.7 Å². The van der Waals surface area contributed by atoms with Gasteiger partial charge in [-0.15, -0.1) is 16.8 Å². The Labute approximate surface area is 196 Å². The van der Waals surface area contributed by atoms with Crippen LogP contribution in [0.15, 0.2) is 60.3 Å². The van der Waals surface area contributed by atoms with E-state index in [1.54, 1.807) is 31.4 Å². The SMILES string of the molecule is C=CCn1c(SCC(=O)Nc2ccccc2OC)nnc1C(C)Oc1ccc(Cl)cc1C. The number of allylic oxidation sites excluding steroid dienone is 1. The van der Waals surface area contributed by atoms with Crippen molar-refractivity contribution in [3.05, 3.63) is 71.5 Å². The Balaban J connectivity index is 1.69. The molecule has 0 radical (unpaired) electrons. The molecule has 9 heteroatoms. The first-order valence-electron chi connectivity index (χ1n) is 9.95. The third-order valence-corrected chi connectivity index (χ3v) is 5.78. The first kappa shape index (κ1) is 23.7. The van der Waals surface area contributed by atoms with Gasteiger partial charge in [0.25, 0.3) is 0 Å². The molecular weight excluding hydrogens is 448 g/mol. The molecule has 3 rings (SSSR count). The van der Waals surface area contributed by atoms with E-state index in [1.165, 1.54) is 11.8 Å². The Kier molecular flexibility index (Phi) is 8.19. The fourth-order valence-corrected chi connectivity index (χ4v) is 4.04. The van der Waals surface area contributed by atoms with Gasteiger partial charge in [0, 0.05) is 11.6 Å². The van der Waals surface area contributed by atoms with Gasteiger partial charge in [-0.25, -0.2) is 0 Å². The summed E-state index contributed by atoms with van der Waals surface area (Å²) in [6.07, 6.45) is 1.39. The van der Waals surface area contributed by atoms with Crippen LogP contribution < -0.4 is 14.8 Å². The average Bonchev–Trinajstić information content (AvgIpc) is 3.17. The van der Waals surface area contributed by atoms with E-state index < -0.39 is 0 Å². The van der Waals surface area contributed by atoms with Gasteiger partial charge in [0.05, 0.1) is 18.6 Å². The number of benzene rings is 2. The molecule has 0 aliphatic heterocycles. The Morgan fingerprint density at radius 1 is 1.28 bits per heavy atom. The highest BCUT2D eigenvalue weighted by Gasteiger charge is 2.20. The minimum atomic E-state index is -0.362. The number of aromatic nitrogens is 3. The van der Waals surface area contributed by atoms with Gasteiger partial charge in [-0.2, -0.15) is 0 Å². The number of methoxy groups -OCH3 is 1. The maximum absolute atomic E-state index is 12.5. The lowest BCUT2D eigenvalue weighted by atomic mass is 10.2. The van der Waals surface area contributed by atoms with Crippen LogP contribution in [0, 0.1) is 6.92 Å². The van der Waals surface area contributed by atoms with Crippen LogP contribution in [0.5, 0.6) is 11.5 Å². The highest BCUT2D eigenvalue weighted by Crippen LogP contribution is 2.29. The number of para-hydroxylation sites is 2. The topological polar surface area (TPSA) is 78.3 Å². The molecule has 0 fully saturated rings. The third-order valence-electron chi connectivity index (χ3n) is 4.57. The van der Waals surface area contributed by atoms with Crippen LogP contribution in [-0.4, -0.2) is 33.5 Å². The summed E-state index contributed by atoms with van der Waals surface area (Å²) in [6.45, 7) is 8.15. The van der Waals surface area contributed by atoms with Crippen molar-refractivity contribution in [1.82, 2.24) is 14.8 Å². The minimum Gasteiger partial charge on any atom is -0.495 e. The largest absolute Gasteiger partial charge is 0.495 e. The summed E-state index contributed by atoms with van der Waals surface area (Å²) in [6, 6.07) is 12.7. The first-order valence-corrected chi connectivity index (χ1v) is 11.3. The molecule has 1 amide bonds. The van der Waals surface area contributed by atoms with Gasteiger partial charge in [0.15, 0.2) is 17.1 Å². The molecule has 168 valence electrons. The zero-order valence-corrected chi connectivity index (χ0v) is 19.7. The number of rotatable bonds is 10. The van der Waals surface area contributed by atoms with Crippen LogP contribution >= 0.6 is 23.4 Å². The van der Waals surface area contributed by atoms with E-state index >= 15 is 0 Å². The first-order chi connectivity index (χ1) is 15.4. The molecule has 1 N–H and O–H groups in total. The zero-order chi connectivity index (χ0) is 23.1. The molecule has 1 atom stereocenters. The quantitative estimate of drug-likeness (QED) is 0.318. The number of nitrogens with one attached hydrogen (secondary N) is 1. The smallest absolute Gasteiger partial charge is 0.234 e. The molecule has 1 heterocycles. The number of hydrogen-bond donors (Lipinski definition) is 1. The predicted molar refractivity (Wildman–Crippen MR) is 128 cm³/mol. The lowest BCUT2D eigenvalue weighted by Gasteiger charge is -2.17. The summed E-state index contributed by atoms with van der Waals surface area (Å²) in [5, 5.41) is 12.7. The van der Waals surface area contributed by atoms with Crippen LogP contribution in [0.25, 0.3) is 0 Å². The van der Waals surface area contributed by atoms with E-state index in [-0.39, 0.29) is 17.8 Å². The van der Waals surface area contributed by atoms with Gasteiger partial charge in [0.2, 0.25) is 5.91 Å². The van der Waals surface area contributed by atoms with Crippen molar-refractivity contribution in [2.24, 2.45) is 0 Å². The van der Waals surface area contributed by atoms with Gasteiger partial charge in [-0.3, -0.25) is 9.36 Å². The molecule has 32 heavy (non-hydrogen) atoms. The van der Waals surface area contributed by atoms with Crippen molar-refractivity contribution >= 4 is 35.0 Å². The van der Waals surface area contributed by atoms with Gasteiger partial charge in [0.1, 0.15) is 11.5 Å². The molecular formula is C23H25ClN4O3S. The summed E-state index contributed by atoms with van der Waals surface area (Å²) in [7, 11) is 1.56. The Bertz CT molecular complexity index is 1100. The van der Waals surface area contributed by atoms with Crippen molar-refractivity contribution in [1.29, 1.82) is 0 Å². The van der Waals surface area contributed by atoms with E-state index in [4.69, 9.17) is 21.1 Å². The normalized spacial score (nSPS) is 11.6. The highest BCUT2D eigenvalue weighted by molar-refractivity contribution is 7.99. The number of carbonyl (C=O) groups is 1. The summed E-state index contributed by atoms with van der Waals surface area (Å²) in [5.41, 5.74) is 1.55.